The molecule has 2 aliphatic heterocycles. The minimum Gasteiger partial charge on any atom is -0.355 e. The number of hydrogen-bond donors (Lipinski definition) is 1. The molecule has 0 atom stereocenters. The van der Waals surface area contributed by atoms with Crippen molar-refractivity contribution in [1.29, 1.82) is 0 Å². The zero-order chi connectivity index (χ0) is 16.9. The molecule has 1 amide bonds. The molecule has 2 heterocycles. The van der Waals surface area contributed by atoms with Gasteiger partial charge in [-0.2, -0.15) is 17.0 Å². The second-order valence-corrected chi connectivity index (χ2v) is 8.75. The molecule has 1 N–H and O–H groups in total. The minimum absolute atomic E-state index is 0.0292. The molecule has 2 rings (SSSR count). The molecule has 0 radical (unpaired) electrons. The number of amides is 1. The number of nitrogens with zero attached hydrogens (tertiary/aromatic N) is 3. The second-order valence-electron chi connectivity index (χ2n) is 6.82. The summed E-state index contributed by atoms with van der Waals surface area (Å²) < 4.78 is 28.1. The molecular formula is C15H30N4O3S. The summed E-state index contributed by atoms with van der Waals surface area (Å²) in [6.45, 7) is 8.78. The van der Waals surface area contributed by atoms with Gasteiger partial charge >= 0.3 is 0 Å². The maximum absolute atomic E-state index is 12.5. The van der Waals surface area contributed by atoms with Crippen LogP contribution in [0.15, 0.2) is 0 Å². The van der Waals surface area contributed by atoms with E-state index in [0.717, 1.165) is 19.3 Å². The average molecular weight is 346 g/mol. The maximum Gasteiger partial charge on any atom is 0.282 e. The number of hydrogen-bond acceptors (Lipinski definition) is 4. The van der Waals surface area contributed by atoms with Crippen LogP contribution in [-0.2, 0) is 15.0 Å². The van der Waals surface area contributed by atoms with Crippen LogP contribution in [0.1, 0.15) is 33.1 Å². The first-order chi connectivity index (χ1) is 10.9. The predicted molar refractivity (Wildman–Crippen MR) is 90.2 cm³/mol. The number of carbonyl (C=O) groups is 1. The van der Waals surface area contributed by atoms with E-state index in [1.165, 1.54) is 0 Å². The topological polar surface area (TPSA) is 73.0 Å². The Bertz CT molecular complexity index is 481. The Morgan fingerprint density at radius 2 is 1.57 bits per heavy atom. The molecular weight excluding hydrogens is 316 g/mol. The summed E-state index contributed by atoms with van der Waals surface area (Å²) in [7, 11) is -3.30. The zero-order valence-corrected chi connectivity index (χ0v) is 15.1. The van der Waals surface area contributed by atoms with Crippen molar-refractivity contribution in [3.8, 4) is 0 Å². The maximum atomic E-state index is 12.5. The van der Waals surface area contributed by atoms with Crippen LogP contribution in [0.3, 0.4) is 0 Å². The smallest absolute Gasteiger partial charge is 0.282 e. The van der Waals surface area contributed by atoms with Crippen molar-refractivity contribution >= 4 is 16.1 Å². The summed E-state index contributed by atoms with van der Waals surface area (Å²) in [6, 6.07) is 0. The Labute approximate surface area is 140 Å². The van der Waals surface area contributed by atoms with Crippen molar-refractivity contribution in [2.45, 2.75) is 33.1 Å². The Hall–Kier alpha value is -0.700. The highest BCUT2D eigenvalue weighted by Gasteiger charge is 2.33. The Morgan fingerprint density at radius 3 is 2.13 bits per heavy atom. The normalized spacial score (nSPS) is 21.9. The van der Waals surface area contributed by atoms with E-state index in [0.29, 0.717) is 58.3 Å². The van der Waals surface area contributed by atoms with Crippen LogP contribution < -0.4 is 5.32 Å². The lowest BCUT2D eigenvalue weighted by Crippen LogP contribution is -2.54. The van der Waals surface area contributed by atoms with Crippen LogP contribution in [0.5, 0.6) is 0 Å². The summed E-state index contributed by atoms with van der Waals surface area (Å²) in [6.07, 6.45) is 2.89. The third-order valence-electron chi connectivity index (χ3n) is 4.46. The van der Waals surface area contributed by atoms with E-state index in [2.05, 4.69) is 19.2 Å². The van der Waals surface area contributed by atoms with E-state index < -0.39 is 10.2 Å². The van der Waals surface area contributed by atoms with E-state index >= 15 is 0 Å². The Balaban J connectivity index is 1.72. The minimum atomic E-state index is -3.30. The van der Waals surface area contributed by atoms with Gasteiger partial charge in [0.25, 0.3) is 10.2 Å². The van der Waals surface area contributed by atoms with Crippen molar-refractivity contribution in [3.05, 3.63) is 0 Å². The summed E-state index contributed by atoms with van der Waals surface area (Å²) in [5.41, 5.74) is 0. The molecule has 8 heteroatoms. The van der Waals surface area contributed by atoms with Gasteiger partial charge in [0.1, 0.15) is 0 Å². The molecule has 2 saturated heterocycles. The molecule has 23 heavy (non-hydrogen) atoms. The third-order valence-corrected chi connectivity index (χ3v) is 6.50. The van der Waals surface area contributed by atoms with Gasteiger partial charge in [-0.15, -0.1) is 0 Å². The van der Waals surface area contributed by atoms with Crippen LogP contribution in [0.4, 0.5) is 0 Å². The SMILES string of the molecule is CC(C)CCNC(=O)CN1CCN(S(=O)(=O)N2CCCC2)CC1. The van der Waals surface area contributed by atoms with E-state index in [-0.39, 0.29) is 5.91 Å². The number of rotatable bonds is 7. The van der Waals surface area contributed by atoms with Crippen LogP contribution in [0.2, 0.25) is 0 Å². The predicted octanol–water partition coefficient (Wildman–Crippen LogP) is 0.107. The van der Waals surface area contributed by atoms with Crippen LogP contribution in [0, 0.1) is 5.92 Å². The number of nitrogens with one attached hydrogen (secondary N) is 1. The van der Waals surface area contributed by atoms with Crippen molar-refractivity contribution in [2.75, 3.05) is 52.4 Å². The highest BCUT2D eigenvalue weighted by Crippen LogP contribution is 2.17. The van der Waals surface area contributed by atoms with Gasteiger partial charge in [0, 0.05) is 45.8 Å². The molecule has 0 spiro atoms. The fourth-order valence-corrected chi connectivity index (χ4v) is 4.63. The van der Waals surface area contributed by atoms with Crippen molar-refractivity contribution < 1.29 is 13.2 Å². The summed E-state index contributed by atoms with van der Waals surface area (Å²) >= 11 is 0. The van der Waals surface area contributed by atoms with Gasteiger partial charge in [0.2, 0.25) is 5.91 Å². The highest BCUT2D eigenvalue weighted by atomic mass is 32.2. The first kappa shape index (κ1) is 18.6. The first-order valence-electron chi connectivity index (χ1n) is 8.64. The van der Waals surface area contributed by atoms with E-state index in [4.69, 9.17) is 0 Å². The van der Waals surface area contributed by atoms with Crippen LogP contribution in [-0.4, -0.2) is 80.2 Å². The molecule has 0 unspecified atom stereocenters. The highest BCUT2D eigenvalue weighted by molar-refractivity contribution is 7.86. The van der Waals surface area contributed by atoms with Gasteiger partial charge in [-0.1, -0.05) is 13.8 Å². The quantitative estimate of drug-likeness (QED) is 0.710. The van der Waals surface area contributed by atoms with Gasteiger partial charge in [0.15, 0.2) is 0 Å². The standard InChI is InChI=1S/C15H30N4O3S/c1-14(2)5-6-16-15(20)13-17-9-11-19(12-10-17)23(21,22)18-7-3-4-8-18/h14H,3-13H2,1-2H3,(H,16,20). The first-order valence-corrected chi connectivity index (χ1v) is 10.0. The van der Waals surface area contributed by atoms with E-state index in [1.54, 1.807) is 8.61 Å². The molecule has 0 saturated carbocycles. The zero-order valence-electron chi connectivity index (χ0n) is 14.3. The molecule has 0 bridgehead atoms. The summed E-state index contributed by atoms with van der Waals surface area (Å²) in [5, 5.41) is 2.93. The molecule has 2 aliphatic rings. The van der Waals surface area contributed by atoms with Gasteiger partial charge < -0.3 is 5.32 Å². The van der Waals surface area contributed by atoms with Crippen LogP contribution >= 0.6 is 0 Å². The van der Waals surface area contributed by atoms with Crippen molar-refractivity contribution in [2.24, 2.45) is 5.92 Å². The fraction of sp³-hybridized carbons (Fsp3) is 0.933. The fourth-order valence-electron chi connectivity index (χ4n) is 2.96. The molecule has 0 aromatic heterocycles. The summed E-state index contributed by atoms with van der Waals surface area (Å²) in [5.74, 6) is 0.608. The Morgan fingerprint density at radius 1 is 1.00 bits per heavy atom. The largest absolute Gasteiger partial charge is 0.355 e. The lowest BCUT2D eigenvalue weighted by Gasteiger charge is -2.35. The average Bonchev–Trinajstić information content (AvgIpc) is 3.02. The molecule has 0 aromatic carbocycles. The van der Waals surface area contributed by atoms with E-state index in [9.17, 15) is 13.2 Å². The lowest BCUT2D eigenvalue weighted by atomic mass is 10.1. The van der Waals surface area contributed by atoms with Crippen molar-refractivity contribution in [3.63, 3.8) is 0 Å². The van der Waals surface area contributed by atoms with Crippen molar-refractivity contribution in [1.82, 2.24) is 18.8 Å². The van der Waals surface area contributed by atoms with Gasteiger partial charge in [-0.3, -0.25) is 9.69 Å². The van der Waals surface area contributed by atoms with Gasteiger partial charge in [-0.05, 0) is 25.2 Å². The number of carbonyl (C=O) groups excluding carboxylic acids is 1. The lowest BCUT2D eigenvalue weighted by molar-refractivity contribution is -0.122. The molecule has 134 valence electrons. The molecule has 7 nitrogen and oxygen atoms in total. The summed E-state index contributed by atoms with van der Waals surface area (Å²) in [4.78, 5) is 13.9. The second kappa shape index (κ2) is 8.41. The van der Waals surface area contributed by atoms with E-state index in [1.807, 2.05) is 4.90 Å². The Kier molecular flexibility index (Phi) is 6.82. The molecule has 2 fully saturated rings. The van der Waals surface area contributed by atoms with Crippen LogP contribution in [0.25, 0.3) is 0 Å². The molecule has 0 aromatic rings. The van der Waals surface area contributed by atoms with Gasteiger partial charge in [-0.25, -0.2) is 0 Å². The molecule has 0 aliphatic carbocycles. The third kappa shape index (κ3) is 5.41. The number of piperazine rings is 1. The van der Waals surface area contributed by atoms with Gasteiger partial charge in [0.05, 0.1) is 6.54 Å². The monoisotopic (exact) mass is 346 g/mol.